The number of benzene rings is 1. The van der Waals surface area contributed by atoms with E-state index in [-0.39, 0.29) is 16.4 Å². The molecule has 1 saturated heterocycles. The lowest BCUT2D eigenvalue weighted by atomic mass is 9.85. The van der Waals surface area contributed by atoms with E-state index in [4.69, 9.17) is 16.3 Å². The van der Waals surface area contributed by atoms with Crippen molar-refractivity contribution in [1.29, 1.82) is 0 Å². The molecular weight excluding hydrogens is 430 g/mol. The number of nitro benzene ring substituents is 1. The SMILES string of the molecule is C[C@H](OC(=O)[C@H](C)N1C(=O)[C@H]2CC=CC[C@H]2C1=O)C(=O)Nc1cc([N+](=O)[O-])ccc1Cl. The van der Waals surface area contributed by atoms with Crippen LogP contribution in [-0.2, 0) is 23.9 Å². The largest absolute Gasteiger partial charge is 0.451 e. The second-order valence-corrected chi connectivity index (χ2v) is 7.78. The molecule has 1 N–H and O–H groups in total. The summed E-state index contributed by atoms with van der Waals surface area (Å²) in [5, 5.41) is 13.3. The van der Waals surface area contributed by atoms with E-state index in [2.05, 4.69) is 5.32 Å². The number of non-ortho nitro benzene ring substituents is 1. The van der Waals surface area contributed by atoms with Crippen molar-refractivity contribution in [3.63, 3.8) is 0 Å². The summed E-state index contributed by atoms with van der Waals surface area (Å²) in [6.07, 6.45) is 3.25. The fourth-order valence-electron chi connectivity index (χ4n) is 3.60. The molecule has 3 amide bonds. The minimum atomic E-state index is -1.30. The zero-order valence-electron chi connectivity index (χ0n) is 16.7. The molecule has 3 rings (SSSR count). The van der Waals surface area contributed by atoms with Gasteiger partial charge in [0.1, 0.15) is 6.04 Å². The van der Waals surface area contributed by atoms with E-state index in [1.54, 1.807) is 0 Å². The van der Waals surface area contributed by atoms with E-state index in [1.807, 2.05) is 12.2 Å². The molecule has 1 aromatic carbocycles. The normalized spacial score (nSPS) is 22.0. The van der Waals surface area contributed by atoms with E-state index in [9.17, 15) is 29.3 Å². The quantitative estimate of drug-likeness (QED) is 0.231. The van der Waals surface area contributed by atoms with Crippen LogP contribution in [0.3, 0.4) is 0 Å². The zero-order valence-corrected chi connectivity index (χ0v) is 17.5. The number of rotatable bonds is 6. The van der Waals surface area contributed by atoms with Crippen LogP contribution in [0.15, 0.2) is 30.4 Å². The maximum absolute atomic E-state index is 12.6. The van der Waals surface area contributed by atoms with Crippen molar-refractivity contribution < 1.29 is 28.8 Å². The molecule has 1 heterocycles. The number of hydrogen-bond donors (Lipinski definition) is 1. The predicted octanol–water partition coefficient (Wildman–Crippen LogP) is 2.46. The van der Waals surface area contributed by atoms with Crippen LogP contribution in [0.25, 0.3) is 0 Å². The Bertz CT molecular complexity index is 967. The average molecular weight is 450 g/mol. The first-order valence-corrected chi connectivity index (χ1v) is 9.96. The van der Waals surface area contributed by atoms with Crippen molar-refractivity contribution in [2.45, 2.75) is 38.8 Å². The number of likely N-dealkylation sites (tertiary alicyclic amines) is 1. The molecule has 0 bridgehead atoms. The Morgan fingerprint density at radius 2 is 1.77 bits per heavy atom. The number of carbonyl (C=O) groups excluding carboxylic acids is 4. The molecule has 10 nitrogen and oxygen atoms in total. The fraction of sp³-hybridized carbons (Fsp3) is 0.400. The summed E-state index contributed by atoms with van der Waals surface area (Å²) < 4.78 is 5.14. The van der Waals surface area contributed by atoms with Crippen molar-refractivity contribution >= 4 is 46.7 Å². The van der Waals surface area contributed by atoms with Gasteiger partial charge in [0.25, 0.3) is 11.6 Å². The van der Waals surface area contributed by atoms with Gasteiger partial charge in [-0.15, -0.1) is 0 Å². The number of allylic oxidation sites excluding steroid dienone is 2. The van der Waals surface area contributed by atoms with Crippen LogP contribution in [0.5, 0.6) is 0 Å². The van der Waals surface area contributed by atoms with Crippen LogP contribution < -0.4 is 5.32 Å². The molecule has 164 valence electrons. The Labute approximate surface area is 182 Å². The smallest absolute Gasteiger partial charge is 0.329 e. The molecule has 0 unspecified atom stereocenters. The van der Waals surface area contributed by atoms with Gasteiger partial charge in [-0.1, -0.05) is 23.8 Å². The van der Waals surface area contributed by atoms with Crippen molar-refractivity contribution in [2.24, 2.45) is 11.8 Å². The number of nitro groups is 1. The summed E-state index contributed by atoms with van der Waals surface area (Å²) >= 11 is 5.95. The number of fused-ring (bicyclic) bond motifs is 1. The first-order valence-electron chi connectivity index (χ1n) is 9.59. The minimum Gasteiger partial charge on any atom is -0.451 e. The van der Waals surface area contributed by atoms with Crippen LogP contribution in [0.1, 0.15) is 26.7 Å². The van der Waals surface area contributed by atoms with Gasteiger partial charge in [0, 0.05) is 12.1 Å². The monoisotopic (exact) mass is 449 g/mol. The van der Waals surface area contributed by atoms with Crippen molar-refractivity contribution in [1.82, 2.24) is 4.90 Å². The fourth-order valence-corrected chi connectivity index (χ4v) is 3.76. The standard InChI is InChI=1S/C20H20ClN3O7/c1-10(23-18(26)13-5-3-4-6-14(13)19(23)27)20(28)31-11(2)17(25)22-16-9-12(24(29)30)7-8-15(16)21/h3-4,7-11,13-14H,5-6H2,1-2H3,(H,22,25)/t10-,11-,13-,14+/m0/s1. The molecule has 11 heteroatoms. The molecule has 31 heavy (non-hydrogen) atoms. The number of carbonyl (C=O) groups is 4. The van der Waals surface area contributed by atoms with Gasteiger partial charge in [-0.25, -0.2) is 4.79 Å². The van der Waals surface area contributed by atoms with Crippen LogP contribution in [-0.4, -0.2) is 45.7 Å². The molecule has 1 aromatic rings. The van der Waals surface area contributed by atoms with Crippen LogP contribution in [0.2, 0.25) is 5.02 Å². The Morgan fingerprint density at radius 3 is 2.32 bits per heavy atom. The number of amides is 3. The molecule has 4 atom stereocenters. The number of esters is 1. The Kier molecular flexibility index (Phi) is 6.40. The summed E-state index contributed by atoms with van der Waals surface area (Å²) in [4.78, 5) is 61.3. The highest BCUT2D eigenvalue weighted by molar-refractivity contribution is 6.33. The summed E-state index contributed by atoms with van der Waals surface area (Å²) in [6.45, 7) is 2.66. The predicted molar refractivity (Wildman–Crippen MR) is 109 cm³/mol. The number of halogens is 1. The first-order chi connectivity index (χ1) is 14.6. The van der Waals surface area contributed by atoms with Gasteiger partial charge in [-0.05, 0) is 32.8 Å². The average Bonchev–Trinajstić information content (AvgIpc) is 2.99. The molecule has 1 aliphatic carbocycles. The van der Waals surface area contributed by atoms with E-state index in [0.717, 1.165) is 11.0 Å². The topological polar surface area (TPSA) is 136 Å². The van der Waals surface area contributed by atoms with Crippen molar-refractivity contribution in [3.8, 4) is 0 Å². The highest BCUT2D eigenvalue weighted by Crippen LogP contribution is 2.36. The molecular formula is C20H20ClN3O7. The lowest BCUT2D eigenvalue weighted by Crippen LogP contribution is -2.46. The minimum absolute atomic E-state index is 0.0155. The third-order valence-corrected chi connectivity index (χ3v) is 5.68. The Morgan fingerprint density at radius 1 is 1.19 bits per heavy atom. The van der Waals surface area contributed by atoms with Gasteiger partial charge in [0.15, 0.2) is 6.10 Å². The third-order valence-electron chi connectivity index (χ3n) is 5.35. The van der Waals surface area contributed by atoms with Crippen LogP contribution in [0.4, 0.5) is 11.4 Å². The van der Waals surface area contributed by atoms with Crippen LogP contribution >= 0.6 is 11.6 Å². The third kappa shape index (κ3) is 4.43. The summed E-state index contributed by atoms with van der Waals surface area (Å²) in [7, 11) is 0. The van der Waals surface area contributed by atoms with Gasteiger partial charge in [-0.2, -0.15) is 0 Å². The zero-order chi connectivity index (χ0) is 22.9. The Hall–Kier alpha value is -3.27. The first kappa shape index (κ1) is 22.4. The van der Waals surface area contributed by atoms with E-state index in [1.165, 1.54) is 26.0 Å². The number of ether oxygens (including phenoxy) is 1. The van der Waals surface area contributed by atoms with E-state index in [0.29, 0.717) is 12.8 Å². The maximum Gasteiger partial charge on any atom is 0.329 e. The molecule has 0 aromatic heterocycles. The highest BCUT2D eigenvalue weighted by atomic mass is 35.5. The summed E-state index contributed by atoms with van der Waals surface area (Å²) in [5.41, 5.74) is -0.293. The molecule has 2 aliphatic rings. The molecule has 1 fully saturated rings. The van der Waals surface area contributed by atoms with Gasteiger partial charge < -0.3 is 10.1 Å². The summed E-state index contributed by atoms with van der Waals surface area (Å²) in [6, 6.07) is 2.32. The molecule has 0 saturated carbocycles. The van der Waals surface area contributed by atoms with Crippen molar-refractivity contribution in [3.05, 3.63) is 45.5 Å². The molecule has 0 spiro atoms. The van der Waals surface area contributed by atoms with Gasteiger partial charge in [0.05, 0.1) is 27.5 Å². The van der Waals surface area contributed by atoms with Crippen molar-refractivity contribution in [2.75, 3.05) is 5.32 Å². The number of nitrogens with zero attached hydrogens (tertiary/aromatic N) is 2. The lowest BCUT2D eigenvalue weighted by Gasteiger charge is -2.23. The molecule has 1 aliphatic heterocycles. The van der Waals surface area contributed by atoms with Gasteiger partial charge in [0.2, 0.25) is 11.8 Å². The van der Waals surface area contributed by atoms with Gasteiger partial charge >= 0.3 is 5.97 Å². The van der Waals surface area contributed by atoms with E-state index >= 15 is 0 Å². The Balaban J connectivity index is 1.64. The second-order valence-electron chi connectivity index (χ2n) is 7.37. The van der Waals surface area contributed by atoms with E-state index < -0.39 is 52.6 Å². The number of hydrogen-bond acceptors (Lipinski definition) is 7. The van der Waals surface area contributed by atoms with Gasteiger partial charge in [-0.3, -0.25) is 29.4 Å². The number of nitrogens with one attached hydrogen (secondary N) is 1. The number of anilines is 1. The maximum atomic E-state index is 12.6. The highest BCUT2D eigenvalue weighted by Gasteiger charge is 2.50. The lowest BCUT2D eigenvalue weighted by molar-refractivity contribution is -0.384. The van der Waals surface area contributed by atoms with Crippen LogP contribution in [0, 0.1) is 22.0 Å². The summed E-state index contributed by atoms with van der Waals surface area (Å²) in [5.74, 6) is -3.51. The second kappa shape index (κ2) is 8.84. The number of imide groups is 1. The molecule has 0 radical (unpaired) electrons.